The number of hydrogen-bond donors (Lipinski definition) is 2. The molecule has 1 aromatic rings. The molecule has 102 valence electrons. The summed E-state index contributed by atoms with van der Waals surface area (Å²) in [6.45, 7) is 2.38. The molecule has 0 saturated heterocycles. The lowest BCUT2D eigenvalue weighted by Crippen LogP contribution is -2.19. The number of carboxylic acid groups (broad SMARTS) is 1. The van der Waals surface area contributed by atoms with Gasteiger partial charge in [-0.15, -0.1) is 0 Å². The Balaban J connectivity index is 1.85. The van der Waals surface area contributed by atoms with Crippen LogP contribution in [-0.4, -0.2) is 30.2 Å². The van der Waals surface area contributed by atoms with Gasteiger partial charge in [-0.2, -0.15) is 0 Å². The summed E-state index contributed by atoms with van der Waals surface area (Å²) in [5, 5.41) is 11.6. The minimum Gasteiger partial charge on any atom is -0.478 e. The van der Waals surface area contributed by atoms with E-state index in [1.54, 1.807) is 19.1 Å². The normalized spacial score (nSPS) is 14.2. The van der Waals surface area contributed by atoms with Gasteiger partial charge in [-0.3, -0.25) is 4.79 Å². The Hall–Kier alpha value is -1.88. The van der Waals surface area contributed by atoms with Crippen molar-refractivity contribution < 1.29 is 19.4 Å². The lowest BCUT2D eigenvalue weighted by atomic mass is 10.1. The lowest BCUT2D eigenvalue weighted by molar-refractivity contribution is -0.120. The Morgan fingerprint density at radius 2 is 2.16 bits per heavy atom. The van der Waals surface area contributed by atoms with Crippen LogP contribution in [0.2, 0.25) is 0 Å². The van der Waals surface area contributed by atoms with E-state index in [2.05, 4.69) is 5.32 Å². The number of carboxylic acids is 1. The van der Waals surface area contributed by atoms with E-state index in [1.165, 1.54) is 18.9 Å². The first-order chi connectivity index (χ1) is 9.06. The van der Waals surface area contributed by atoms with Crippen LogP contribution in [0, 0.1) is 12.8 Å². The molecule has 0 atom stereocenters. The van der Waals surface area contributed by atoms with Gasteiger partial charge in [0.05, 0.1) is 12.2 Å². The maximum Gasteiger partial charge on any atom is 0.335 e. The molecule has 1 saturated carbocycles. The van der Waals surface area contributed by atoms with Crippen molar-refractivity contribution in [2.75, 3.05) is 18.5 Å². The van der Waals surface area contributed by atoms with Crippen molar-refractivity contribution in [3.63, 3.8) is 0 Å². The fourth-order valence-corrected chi connectivity index (χ4v) is 1.78. The highest BCUT2D eigenvalue weighted by molar-refractivity contribution is 5.94. The zero-order valence-corrected chi connectivity index (χ0v) is 10.8. The monoisotopic (exact) mass is 263 g/mol. The first kappa shape index (κ1) is 13.5. The summed E-state index contributed by atoms with van der Waals surface area (Å²) in [5.74, 6) is -0.559. The largest absolute Gasteiger partial charge is 0.478 e. The third-order valence-corrected chi connectivity index (χ3v) is 3.02. The Morgan fingerprint density at radius 3 is 2.74 bits per heavy atom. The number of amides is 1. The minimum atomic E-state index is -0.969. The zero-order chi connectivity index (χ0) is 13.8. The predicted octanol–water partition coefficient (Wildman–Crippen LogP) is 2.06. The Labute approximate surface area is 111 Å². The third kappa shape index (κ3) is 4.06. The van der Waals surface area contributed by atoms with Crippen molar-refractivity contribution in [2.24, 2.45) is 5.92 Å². The molecule has 0 aliphatic heterocycles. The van der Waals surface area contributed by atoms with E-state index >= 15 is 0 Å². The topological polar surface area (TPSA) is 75.6 Å². The van der Waals surface area contributed by atoms with Gasteiger partial charge < -0.3 is 15.2 Å². The predicted molar refractivity (Wildman–Crippen MR) is 70.3 cm³/mol. The van der Waals surface area contributed by atoms with Crippen LogP contribution in [0.15, 0.2) is 18.2 Å². The highest BCUT2D eigenvalue weighted by Gasteiger charge is 2.21. The van der Waals surface area contributed by atoms with Crippen LogP contribution in [0.3, 0.4) is 0 Å². The minimum absolute atomic E-state index is 0.0379. The molecule has 19 heavy (non-hydrogen) atoms. The molecule has 0 unspecified atom stereocenters. The molecule has 0 aromatic heterocycles. The molecule has 1 aliphatic rings. The van der Waals surface area contributed by atoms with Crippen molar-refractivity contribution in [1.29, 1.82) is 0 Å². The second-order valence-corrected chi connectivity index (χ2v) is 4.84. The van der Waals surface area contributed by atoms with Crippen LogP contribution in [0.1, 0.15) is 28.8 Å². The molecule has 0 bridgehead atoms. The molecule has 2 rings (SSSR count). The summed E-state index contributed by atoms with van der Waals surface area (Å²) in [5.41, 5.74) is 1.44. The Bertz CT molecular complexity index is 494. The van der Waals surface area contributed by atoms with Crippen LogP contribution >= 0.6 is 0 Å². The maximum absolute atomic E-state index is 11.6. The summed E-state index contributed by atoms with van der Waals surface area (Å²) in [6, 6.07) is 4.70. The summed E-state index contributed by atoms with van der Waals surface area (Å²) >= 11 is 0. The average molecular weight is 263 g/mol. The molecular formula is C14H17NO4. The molecule has 0 radical (unpaired) electrons. The van der Waals surface area contributed by atoms with Gasteiger partial charge in [0.15, 0.2) is 0 Å². The van der Waals surface area contributed by atoms with Crippen molar-refractivity contribution in [1.82, 2.24) is 0 Å². The lowest BCUT2D eigenvalue weighted by Gasteiger charge is -2.08. The zero-order valence-electron chi connectivity index (χ0n) is 10.8. The SMILES string of the molecule is Cc1cc(NC(=O)COCC2CC2)ccc1C(=O)O. The van der Waals surface area contributed by atoms with Crippen LogP contribution in [0.5, 0.6) is 0 Å². The first-order valence-electron chi connectivity index (χ1n) is 6.28. The van der Waals surface area contributed by atoms with Gasteiger partial charge in [-0.1, -0.05) is 0 Å². The second kappa shape index (κ2) is 5.84. The maximum atomic E-state index is 11.6. The van der Waals surface area contributed by atoms with Gasteiger partial charge in [-0.25, -0.2) is 4.79 Å². The summed E-state index contributed by atoms with van der Waals surface area (Å²) in [7, 11) is 0. The number of rotatable bonds is 6. The Kier molecular flexibility index (Phi) is 4.16. The van der Waals surface area contributed by atoms with Crippen LogP contribution in [0.25, 0.3) is 0 Å². The molecule has 1 amide bonds. The summed E-state index contributed by atoms with van der Waals surface area (Å²) in [6.07, 6.45) is 2.38. The molecule has 1 aliphatic carbocycles. The van der Waals surface area contributed by atoms with Gasteiger partial charge >= 0.3 is 5.97 Å². The molecule has 2 N–H and O–H groups in total. The van der Waals surface area contributed by atoms with Gasteiger partial charge in [0.2, 0.25) is 5.91 Å². The van der Waals surface area contributed by atoms with E-state index in [0.29, 0.717) is 23.8 Å². The quantitative estimate of drug-likeness (QED) is 0.823. The van der Waals surface area contributed by atoms with Gasteiger partial charge in [0.1, 0.15) is 6.61 Å². The van der Waals surface area contributed by atoms with Crippen LogP contribution in [-0.2, 0) is 9.53 Å². The van der Waals surface area contributed by atoms with E-state index in [4.69, 9.17) is 9.84 Å². The van der Waals surface area contributed by atoms with Crippen molar-refractivity contribution in [3.05, 3.63) is 29.3 Å². The highest BCUT2D eigenvalue weighted by atomic mass is 16.5. The summed E-state index contributed by atoms with van der Waals surface area (Å²) in [4.78, 5) is 22.5. The van der Waals surface area contributed by atoms with Crippen molar-refractivity contribution >= 4 is 17.6 Å². The van der Waals surface area contributed by atoms with Gasteiger partial charge in [0.25, 0.3) is 0 Å². The van der Waals surface area contributed by atoms with E-state index in [9.17, 15) is 9.59 Å². The number of anilines is 1. The number of aryl methyl sites for hydroxylation is 1. The molecular weight excluding hydrogens is 246 g/mol. The third-order valence-electron chi connectivity index (χ3n) is 3.02. The number of carbonyl (C=O) groups is 2. The number of aromatic carboxylic acids is 1. The summed E-state index contributed by atoms with van der Waals surface area (Å²) < 4.78 is 5.28. The molecule has 5 nitrogen and oxygen atoms in total. The second-order valence-electron chi connectivity index (χ2n) is 4.84. The molecule has 5 heteroatoms. The van der Waals surface area contributed by atoms with E-state index < -0.39 is 5.97 Å². The molecule has 1 aromatic carbocycles. The number of benzene rings is 1. The van der Waals surface area contributed by atoms with E-state index in [0.717, 1.165) is 0 Å². The molecule has 0 heterocycles. The number of ether oxygens (including phenoxy) is 1. The highest BCUT2D eigenvalue weighted by Crippen LogP contribution is 2.28. The smallest absolute Gasteiger partial charge is 0.335 e. The van der Waals surface area contributed by atoms with Crippen LogP contribution in [0.4, 0.5) is 5.69 Å². The first-order valence-corrected chi connectivity index (χ1v) is 6.28. The molecule has 1 fully saturated rings. The van der Waals surface area contributed by atoms with Crippen LogP contribution < -0.4 is 5.32 Å². The number of carbonyl (C=O) groups excluding carboxylic acids is 1. The average Bonchev–Trinajstić information content (AvgIpc) is 3.12. The van der Waals surface area contributed by atoms with Gasteiger partial charge in [-0.05, 0) is 49.4 Å². The Morgan fingerprint density at radius 1 is 1.42 bits per heavy atom. The van der Waals surface area contributed by atoms with Gasteiger partial charge in [0, 0.05) is 5.69 Å². The van der Waals surface area contributed by atoms with Crippen molar-refractivity contribution in [2.45, 2.75) is 19.8 Å². The van der Waals surface area contributed by atoms with E-state index in [1.807, 2.05) is 0 Å². The number of nitrogens with one attached hydrogen (secondary N) is 1. The fourth-order valence-electron chi connectivity index (χ4n) is 1.78. The fraction of sp³-hybridized carbons (Fsp3) is 0.429. The molecule has 0 spiro atoms. The van der Waals surface area contributed by atoms with Crippen molar-refractivity contribution in [3.8, 4) is 0 Å². The van der Waals surface area contributed by atoms with E-state index in [-0.39, 0.29) is 18.1 Å². The number of hydrogen-bond acceptors (Lipinski definition) is 3. The standard InChI is InChI=1S/C14H17NO4/c1-9-6-11(4-5-12(9)14(17)18)15-13(16)8-19-7-10-2-3-10/h4-6,10H,2-3,7-8H2,1H3,(H,15,16)(H,17,18).